The third-order valence-corrected chi connectivity index (χ3v) is 4.82. The van der Waals surface area contributed by atoms with Crippen molar-refractivity contribution in [3.63, 3.8) is 0 Å². The highest BCUT2D eigenvalue weighted by molar-refractivity contribution is 6.04. The summed E-state index contributed by atoms with van der Waals surface area (Å²) in [5, 5.41) is 12.5. The molecule has 2 aliphatic rings. The molecule has 3 nitrogen and oxygen atoms in total. The number of benzene rings is 1. The summed E-state index contributed by atoms with van der Waals surface area (Å²) < 4.78 is 6.36. The third kappa shape index (κ3) is 2.41. The standard InChI is InChI=1S/C17H23NO2/c1-2-12-6-3-4-8-16(12)20-17-9-5-7-13-14(17)10-11-15(13)18-19/h5,7,9,12,16,19H,2-4,6,8,10-11H2,1H3. The fraction of sp³-hybridized carbons (Fsp3) is 0.588. The molecule has 108 valence electrons. The predicted octanol–water partition coefficient (Wildman–Crippen LogP) is 4.16. The Kier molecular flexibility index (Phi) is 3.95. The van der Waals surface area contributed by atoms with Gasteiger partial charge < -0.3 is 9.94 Å². The maximum absolute atomic E-state index is 9.05. The summed E-state index contributed by atoms with van der Waals surface area (Å²) in [6.07, 6.45) is 8.37. The second-order valence-electron chi connectivity index (χ2n) is 5.94. The van der Waals surface area contributed by atoms with Gasteiger partial charge in [0.2, 0.25) is 0 Å². The number of ether oxygens (including phenoxy) is 1. The van der Waals surface area contributed by atoms with Gasteiger partial charge in [0, 0.05) is 11.1 Å². The van der Waals surface area contributed by atoms with Crippen LogP contribution in [-0.4, -0.2) is 17.0 Å². The highest BCUT2D eigenvalue weighted by atomic mass is 16.5. The van der Waals surface area contributed by atoms with Gasteiger partial charge >= 0.3 is 0 Å². The first kappa shape index (κ1) is 13.5. The van der Waals surface area contributed by atoms with Gasteiger partial charge in [-0.2, -0.15) is 0 Å². The summed E-state index contributed by atoms with van der Waals surface area (Å²) in [6, 6.07) is 6.11. The lowest BCUT2D eigenvalue weighted by molar-refractivity contribution is 0.0895. The summed E-state index contributed by atoms with van der Waals surface area (Å²) in [5.74, 6) is 1.69. The van der Waals surface area contributed by atoms with Crippen LogP contribution in [0.25, 0.3) is 0 Å². The van der Waals surface area contributed by atoms with Crippen molar-refractivity contribution < 1.29 is 9.94 Å². The molecule has 0 spiro atoms. The molecule has 0 bridgehead atoms. The Bertz CT molecular complexity index is 510. The minimum absolute atomic E-state index is 0.357. The number of oxime groups is 1. The molecule has 0 heterocycles. The number of rotatable bonds is 3. The van der Waals surface area contributed by atoms with Crippen molar-refractivity contribution in [1.29, 1.82) is 0 Å². The van der Waals surface area contributed by atoms with Crippen molar-refractivity contribution in [3.8, 4) is 5.75 Å². The maximum Gasteiger partial charge on any atom is 0.123 e. The Morgan fingerprint density at radius 3 is 2.90 bits per heavy atom. The molecular weight excluding hydrogens is 250 g/mol. The first-order valence-electron chi connectivity index (χ1n) is 7.83. The fourth-order valence-electron chi connectivity index (χ4n) is 3.65. The normalized spacial score (nSPS) is 27.6. The second-order valence-corrected chi connectivity index (χ2v) is 5.94. The molecule has 0 amide bonds. The van der Waals surface area contributed by atoms with E-state index in [0.29, 0.717) is 12.0 Å². The molecule has 0 saturated heterocycles. The first-order valence-corrected chi connectivity index (χ1v) is 7.83. The van der Waals surface area contributed by atoms with Crippen LogP contribution in [0.15, 0.2) is 23.4 Å². The van der Waals surface area contributed by atoms with Crippen molar-refractivity contribution in [1.82, 2.24) is 0 Å². The summed E-state index contributed by atoms with van der Waals surface area (Å²) in [6.45, 7) is 2.26. The van der Waals surface area contributed by atoms with Crippen molar-refractivity contribution >= 4 is 5.71 Å². The van der Waals surface area contributed by atoms with Crippen LogP contribution < -0.4 is 4.74 Å². The minimum atomic E-state index is 0.357. The first-order chi connectivity index (χ1) is 9.83. The molecule has 2 unspecified atom stereocenters. The van der Waals surface area contributed by atoms with Crippen LogP contribution in [0, 0.1) is 5.92 Å². The molecule has 0 aliphatic heterocycles. The topological polar surface area (TPSA) is 41.8 Å². The lowest BCUT2D eigenvalue weighted by Crippen LogP contribution is -2.30. The number of nitrogens with zero attached hydrogens (tertiary/aromatic N) is 1. The van der Waals surface area contributed by atoms with Crippen molar-refractivity contribution in [3.05, 3.63) is 29.3 Å². The molecule has 20 heavy (non-hydrogen) atoms. The van der Waals surface area contributed by atoms with Crippen LogP contribution in [0.3, 0.4) is 0 Å². The highest BCUT2D eigenvalue weighted by Gasteiger charge is 2.28. The van der Waals surface area contributed by atoms with E-state index in [4.69, 9.17) is 9.94 Å². The van der Waals surface area contributed by atoms with E-state index in [2.05, 4.69) is 18.1 Å². The zero-order chi connectivity index (χ0) is 13.9. The van der Waals surface area contributed by atoms with Gasteiger partial charge in [0.15, 0.2) is 0 Å². The van der Waals surface area contributed by atoms with E-state index in [0.717, 1.165) is 29.9 Å². The van der Waals surface area contributed by atoms with Gasteiger partial charge in [-0.1, -0.05) is 30.6 Å². The molecule has 3 heteroatoms. The van der Waals surface area contributed by atoms with Gasteiger partial charge in [0.1, 0.15) is 11.9 Å². The summed E-state index contributed by atoms with van der Waals surface area (Å²) in [7, 11) is 0. The Balaban J connectivity index is 1.83. The van der Waals surface area contributed by atoms with E-state index in [9.17, 15) is 0 Å². The van der Waals surface area contributed by atoms with Crippen molar-refractivity contribution in [2.24, 2.45) is 11.1 Å². The number of fused-ring (bicyclic) bond motifs is 1. The molecule has 0 aromatic heterocycles. The molecule has 1 aromatic carbocycles. The van der Waals surface area contributed by atoms with E-state index in [1.165, 1.54) is 37.7 Å². The molecule has 3 rings (SSSR count). The van der Waals surface area contributed by atoms with Crippen LogP contribution in [0.2, 0.25) is 0 Å². The highest BCUT2D eigenvalue weighted by Crippen LogP contribution is 2.35. The Labute approximate surface area is 120 Å². The lowest BCUT2D eigenvalue weighted by atomic mass is 9.84. The van der Waals surface area contributed by atoms with E-state index in [1.807, 2.05) is 12.1 Å². The average Bonchev–Trinajstić information content (AvgIpc) is 2.92. The van der Waals surface area contributed by atoms with Gasteiger partial charge in [0.25, 0.3) is 0 Å². The largest absolute Gasteiger partial charge is 0.490 e. The van der Waals surface area contributed by atoms with Crippen LogP contribution in [0.4, 0.5) is 0 Å². The smallest absolute Gasteiger partial charge is 0.123 e. The van der Waals surface area contributed by atoms with E-state index >= 15 is 0 Å². The summed E-state index contributed by atoms with van der Waals surface area (Å²) in [5.41, 5.74) is 3.08. The number of hydrogen-bond acceptors (Lipinski definition) is 3. The molecular formula is C17H23NO2. The van der Waals surface area contributed by atoms with Gasteiger partial charge in [-0.25, -0.2) is 0 Å². The molecule has 1 aromatic rings. The Morgan fingerprint density at radius 2 is 2.10 bits per heavy atom. The number of hydrogen-bond donors (Lipinski definition) is 1. The van der Waals surface area contributed by atoms with Crippen LogP contribution in [-0.2, 0) is 6.42 Å². The monoisotopic (exact) mass is 273 g/mol. The minimum Gasteiger partial charge on any atom is -0.490 e. The van der Waals surface area contributed by atoms with Crippen molar-refractivity contribution in [2.75, 3.05) is 0 Å². The van der Waals surface area contributed by atoms with Gasteiger partial charge in [-0.05, 0) is 50.5 Å². The predicted molar refractivity (Wildman–Crippen MR) is 79.8 cm³/mol. The van der Waals surface area contributed by atoms with E-state index in [1.54, 1.807) is 0 Å². The SMILES string of the molecule is CCC1CCCCC1Oc1cccc2c1CCC2=NO. The third-order valence-electron chi connectivity index (χ3n) is 4.82. The summed E-state index contributed by atoms with van der Waals surface area (Å²) >= 11 is 0. The molecule has 1 N–H and O–H groups in total. The summed E-state index contributed by atoms with van der Waals surface area (Å²) in [4.78, 5) is 0. The molecule has 1 saturated carbocycles. The fourth-order valence-corrected chi connectivity index (χ4v) is 3.65. The molecule has 0 radical (unpaired) electrons. The maximum atomic E-state index is 9.05. The average molecular weight is 273 g/mol. The molecule has 2 aliphatic carbocycles. The lowest BCUT2D eigenvalue weighted by Gasteiger charge is -2.31. The van der Waals surface area contributed by atoms with Crippen LogP contribution >= 0.6 is 0 Å². The molecule has 1 fully saturated rings. The van der Waals surface area contributed by atoms with E-state index in [-0.39, 0.29) is 0 Å². The quantitative estimate of drug-likeness (QED) is 0.663. The molecule has 2 atom stereocenters. The van der Waals surface area contributed by atoms with Gasteiger partial charge in [0.05, 0.1) is 5.71 Å². The second kappa shape index (κ2) is 5.86. The van der Waals surface area contributed by atoms with Crippen LogP contribution in [0.1, 0.15) is 56.6 Å². The Hall–Kier alpha value is -1.51. The van der Waals surface area contributed by atoms with Gasteiger partial charge in [-0.15, -0.1) is 0 Å². The van der Waals surface area contributed by atoms with Crippen LogP contribution in [0.5, 0.6) is 5.75 Å². The zero-order valence-electron chi connectivity index (χ0n) is 12.1. The van der Waals surface area contributed by atoms with Gasteiger partial charge in [-0.3, -0.25) is 0 Å². The Morgan fingerprint density at radius 1 is 1.25 bits per heavy atom. The zero-order valence-corrected chi connectivity index (χ0v) is 12.1. The van der Waals surface area contributed by atoms with Crippen molar-refractivity contribution in [2.45, 2.75) is 58.0 Å². The van der Waals surface area contributed by atoms with E-state index < -0.39 is 0 Å².